The Morgan fingerprint density at radius 1 is 1.04 bits per heavy atom. The van der Waals surface area contributed by atoms with Crippen LogP contribution in [0, 0.1) is 0 Å². The molecule has 1 aliphatic rings. The number of carbonyl (C=O) groups is 2. The molecule has 8 heteroatoms. The summed E-state index contributed by atoms with van der Waals surface area (Å²) >= 11 is 0. The lowest BCUT2D eigenvalue weighted by Crippen LogP contribution is -2.23. The van der Waals surface area contributed by atoms with Gasteiger partial charge in [-0.25, -0.2) is 4.57 Å². The first-order valence-corrected chi connectivity index (χ1v) is 9.52. The van der Waals surface area contributed by atoms with E-state index in [4.69, 9.17) is 4.52 Å². The van der Waals surface area contributed by atoms with Gasteiger partial charge in [0.25, 0.3) is 0 Å². The maximum absolute atomic E-state index is 13.0. The summed E-state index contributed by atoms with van der Waals surface area (Å²) in [6, 6.07) is 9.45. The SMILES string of the molecule is CNCC(C)c1ccc2c(c1OP(=O)(O)O)C(=O)c1ccccc1C2=O. The van der Waals surface area contributed by atoms with Crippen molar-refractivity contribution in [3.05, 3.63) is 64.2 Å². The van der Waals surface area contributed by atoms with Crippen molar-refractivity contribution < 1.29 is 28.5 Å². The summed E-state index contributed by atoms with van der Waals surface area (Å²) in [4.78, 5) is 44.4. The molecule has 7 nitrogen and oxygen atoms in total. The molecule has 0 aliphatic heterocycles. The number of benzene rings is 2. The van der Waals surface area contributed by atoms with Gasteiger partial charge in [-0.15, -0.1) is 0 Å². The normalized spacial score (nSPS) is 14.6. The molecular weight excluding hydrogens is 357 g/mol. The third-order valence-electron chi connectivity index (χ3n) is 4.33. The molecule has 0 fully saturated rings. The van der Waals surface area contributed by atoms with E-state index in [1.165, 1.54) is 12.1 Å². The van der Waals surface area contributed by atoms with Gasteiger partial charge in [-0.2, -0.15) is 0 Å². The Morgan fingerprint density at radius 2 is 1.65 bits per heavy atom. The second kappa shape index (κ2) is 6.78. The Labute approximate surface area is 150 Å². The molecule has 0 aromatic heterocycles. The third kappa shape index (κ3) is 3.22. The smallest absolute Gasteiger partial charge is 0.403 e. The van der Waals surface area contributed by atoms with Crippen LogP contribution in [0.1, 0.15) is 50.2 Å². The fraction of sp³-hybridized carbons (Fsp3) is 0.222. The molecule has 3 N–H and O–H groups in total. The van der Waals surface area contributed by atoms with E-state index in [1.807, 2.05) is 6.92 Å². The van der Waals surface area contributed by atoms with E-state index in [2.05, 4.69) is 5.32 Å². The zero-order valence-corrected chi connectivity index (χ0v) is 15.1. The Balaban J connectivity index is 2.27. The van der Waals surface area contributed by atoms with Gasteiger partial charge < -0.3 is 9.84 Å². The Morgan fingerprint density at radius 3 is 2.23 bits per heavy atom. The number of hydrogen-bond acceptors (Lipinski definition) is 5. The Bertz CT molecular complexity index is 949. The molecule has 3 rings (SSSR count). The predicted molar refractivity (Wildman–Crippen MR) is 94.8 cm³/mol. The molecule has 0 heterocycles. The quantitative estimate of drug-likeness (QED) is 0.586. The number of fused-ring (bicyclic) bond motifs is 2. The summed E-state index contributed by atoms with van der Waals surface area (Å²) in [5, 5.41) is 2.97. The van der Waals surface area contributed by atoms with Gasteiger partial charge in [0.2, 0.25) is 0 Å². The van der Waals surface area contributed by atoms with Crippen LogP contribution in [0.3, 0.4) is 0 Å². The molecule has 136 valence electrons. The molecule has 0 amide bonds. The molecule has 0 bridgehead atoms. The van der Waals surface area contributed by atoms with E-state index in [9.17, 15) is 23.9 Å². The minimum Gasteiger partial charge on any atom is -0.403 e. The van der Waals surface area contributed by atoms with Gasteiger partial charge in [-0.05, 0) is 24.6 Å². The maximum atomic E-state index is 13.0. The fourth-order valence-corrected chi connectivity index (χ4v) is 3.63. The number of phosphoric ester groups is 1. The van der Waals surface area contributed by atoms with Crippen molar-refractivity contribution in [3.63, 3.8) is 0 Å². The highest BCUT2D eigenvalue weighted by Crippen LogP contribution is 2.46. The van der Waals surface area contributed by atoms with E-state index < -0.39 is 13.6 Å². The molecule has 0 radical (unpaired) electrons. The van der Waals surface area contributed by atoms with Crippen LogP contribution in [0.15, 0.2) is 36.4 Å². The third-order valence-corrected chi connectivity index (χ3v) is 4.75. The first-order chi connectivity index (χ1) is 12.2. The summed E-state index contributed by atoms with van der Waals surface area (Å²) in [6.07, 6.45) is 0. The van der Waals surface area contributed by atoms with Crippen LogP contribution in [-0.4, -0.2) is 34.9 Å². The van der Waals surface area contributed by atoms with Crippen molar-refractivity contribution in [2.45, 2.75) is 12.8 Å². The number of phosphoric acid groups is 1. The molecule has 0 spiro atoms. The fourth-order valence-electron chi connectivity index (χ4n) is 3.19. The first-order valence-electron chi connectivity index (χ1n) is 7.99. The predicted octanol–water partition coefficient (Wildman–Crippen LogP) is 2.26. The summed E-state index contributed by atoms with van der Waals surface area (Å²) in [7, 11) is -3.19. The van der Waals surface area contributed by atoms with E-state index in [-0.39, 0.29) is 39.7 Å². The van der Waals surface area contributed by atoms with Crippen LogP contribution < -0.4 is 9.84 Å². The second-order valence-corrected chi connectivity index (χ2v) is 7.31. The molecule has 2 aromatic rings. The van der Waals surface area contributed by atoms with Gasteiger partial charge >= 0.3 is 7.82 Å². The Kier molecular flexibility index (Phi) is 4.82. The number of ketones is 2. The van der Waals surface area contributed by atoms with Gasteiger partial charge in [0.15, 0.2) is 11.6 Å². The number of hydrogen-bond donors (Lipinski definition) is 3. The van der Waals surface area contributed by atoms with Gasteiger partial charge in [0, 0.05) is 23.2 Å². The highest BCUT2D eigenvalue weighted by atomic mass is 31.2. The van der Waals surface area contributed by atoms with Crippen molar-refractivity contribution in [2.24, 2.45) is 0 Å². The summed E-state index contributed by atoms with van der Waals surface area (Å²) in [5.74, 6) is -1.30. The minimum atomic E-state index is -4.93. The van der Waals surface area contributed by atoms with Crippen LogP contribution >= 0.6 is 7.82 Å². The molecule has 0 saturated heterocycles. The van der Waals surface area contributed by atoms with Crippen molar-refractivity contribution in [2.75, 3.05) is 13.6 Å². The van der Waals surface area contributed by atoms with E-state index >= 15 is 0 Å². The van der Waals surface area contributed by atoms with Crippen LogP contribution in [0.4, 0.5) is 0 Å². The van der Waals surface area contributed by atoms with Gasteiger partial charge in [-0.1, -0.05) is 37.3 Å². The van der Waals surface area contributed by atoms with Crippen molar-refractivity contribution in [3.8, 4) is 5.75 Å². The monoisotopic (exact) mass is 375 g/mol. The zero-order valence-electron chi connectivity index (χ0n) is 14.2. The van der Waals surface area contributed by atoms with Crippen molar-refractivity contribution >= 4 is 19.4 Å². The Hall–Kier alpha value is -2.31. The number of rotatable bonds is 5. The van der Waals surface area contributed by atoms with Gasteiger partial charge in [0.1, 0.15) is 5.75 Å². The molecule has 1 unspecified atom stereocenters. The highest BCUT2D eigenvalue weighted by Gasteiger charge is 2.36. The molecule has 26 heavy (non-hydrogen) atoms. The lowest BCUT2D eigenvalue weighted by Gasteiger charge is -2.24. The van der Waals surface area contributed by atoms with Crippen molar-refractivity contribution in [1.82, 2.24) is 5.32 Å². The molecule has 1 aliphatic carbocycles. The molecule has 2 aromatic carbocycles. The molecular formula is C18H18NO6P. The van der Waals surface area contributed by atoms with Crippen LogP contribution in [-0.2, 0) is 4.57 Å². The molecule has 0 saturated carbocycles. The minimum absolute atomic E-state index is 0.0811. The van der Waals surface area contributed by atoms with Crippen LogP contribution in [0.2, 0.25) is 0 Å². The lowest BCUT2D eigenvalue weighted by molar-refractivity contribution is 0.0977. The highest BCUT2D eigenvalue weighted by molar-refractivity contribution is 7.46. The molecule has 1 atom stereocenters. The van der Waals surface area contributed by atoms with Crippen LogP contribution in [0.25, 0.3) is 0 Å². The maximum Gasteiger partial charge on any atom is 0.524 e. The van der Waals surface area contributed by atoms with Crippen molar-refractivity contribution in [1.29, 1.82) is 0 Å². The second-order valence-electron chi connectivity index (χ2n) is 6.15. The largest absolute Gasteiger partial charge is 0.524 e. The topological polar surface area (TPSA) is 113 Å². The van der Waals surface area contributed by atoms with E-state index in [0.717, 1.165) is 0 Å². The number of likely N-dealkylation sites (N-methyl/N-ethyl adjacent to an activating group) is 1. The zero-order chi connectivity index (χ0) is 19.1. The lowest BCUT2D eigenvalue weighted by atomic mass is 9.81. The van der Waals surface area contributed by atoms with Gasteiger partial charge in [0.05, 0.1) is 5.56 Å². The summed E-state index contributed by atoms with van der Waals surface area (Å²) in [5.41, 5.74) is 0.888. The average Bonchev–Trinajstić information content (AvgIpc) is 2.58. The van der Waals surface area contributed by atoms with E-state index in [1.54, 1.807) is 31.3 Å². The number of nitrogens with one attached hydrogen (secondary N) is 1. The number of carbonyl (C=O) groups excluding carboxylic acids is 2. The summed E-state index contributed by atoms with van der Waals surface area (Å²) in [6.45, 7) is 2.32. The van der Waals surface area contributed by atoms with Crippen LogP contribution in [0.5, 0.6) is 5.75 Å². The van der Waals surface area contributed by atoms with Gasteiger partial charge in [-0.3, -0.25) is 19.4 Å². The first kappa shape index (κ1) is 18.5. The standard InChI is InChI=1S/C18H18NO6P/c1-10(9-19-2)11-7-8-14-15(18(11)25-26(22,23)24)17(21)13-6-4-3-5-12(13)16(14)20/h3-8,10,19H,9H2,1-2H3,(H2,22,23,24). The van der Waals surface area contributed by atoms with E-state index in [0.29, 0.717) is 12.1 Å². The average molecular weight is 375 g/mol. The summed E-state index contributed by atoms with van der Waals surface area (Å²) < 4.78 is 16.4.